The van der Waals surface area contributed by atoms with Gasteiger partial charge in [-0.15, -0.1) is 0 Å². The normalized spacial score (nSPS) is 10.8. The van der Waals surface area contributed by atoms with Gasteiger partial charge in [-0.25, -0.2) is 0 Å². The summed E-state index contributed by atoms with van der Waals surface area (Å²) in [6.45, 7) is 6.90. The van der Waals surface area contributed by atoms with Crippen LogP contribution < -0.4 is 4.74 Å². The highest BCUT2D eigenvalue weighted by atomic mass is 16.5. The third-order valence-electron chi connectivity index (χ3n) is 3.43. The Labute approximate surface area is 121 Å². The largest absolute Gasteiger partial charge is 0.489 e. The number of benzene rings is 2. The van der Waals surface area contributed by atoms with E-state index in [4.69, 9.17) is 4.74 Å². The first kappa shape index (κ1) is 14.6. The van der Waals surface area contributed by atoms with E-state index in [0.29, 0.717) is 12.5 Å². The fourth-order valence-electron chi connectivity index (χ4n) is 2.13. The molecule has 2 aromatic rings. The summed E-state index contributed by atoms with van der Waals surface area (Å²) in [7, 11) is 0. The Morgan fingerprint density at radius 2 is 1.75 bits per heavy atom. The Bertz CT molecular complexity index is 556. The Morgan fingerprint density at radius 3 is 2.35 bits per heavy atom. The molecule has 20 heavy (non-hydrogen) atoms. The average molecular weight is 270 g/mol. The van der Waals surface area contributed by atoms with Crippen molar-refractivity contribution in [3.63, 3.8) is 0 Å². The van der Waals surface area contributed by atoms with Gasteiger partial charge >= 0.3 is 0 Å². The molecule has 0 aliphatic heterocycles. The van der Waals surface area contributed by atoms with Gasteiger partial charge in [-0.3, -0.25) is 0 Å². The van der Waals surface area contributed by atoms with Crippen LogP contribution in [0.4, 0.5) is 0 Å². The van der Waals surface area contributed by atoms with Crippen molar-refractivity contribution in [2.24, 2.45) is 0 Å². The van der Waals surface area contributed by atoms with Crippen LogP contribution in [-0.2, 0) is 13.2 Å². The van der Waals surface area contributed by atoms with Gasteiger partial charge in [0.15, 0.2) is 0 Å². The summed E-state index contributed by atoms with van der Waals surface area (Å²) in [5.74, 6) is 1.30. The van der Waals surface area contributed by atoms with Gasteiger partial charge in [0.1, 0.15) is 12.4 Å². The minimum absolute atomic E-state index is 0.00327. The van der Waals surface area contributed by atoms with Crippen molar-refractivity contribution in [3.8, 4) is 5.75 Å². The molecule has 2 aromatic carbocycles. The maximum atomic E-state index is 9.36. The van der Waals surface area contributed by atoms with Crippen LogP contribution in [0.15, 0.2) is 42.5 Å². The molecule has 2 heteroatoms. The first-order valence-corrected chi connectivity index (χ1v) is 7.02. The number of aliphatic hydroxyl groups is 1. The van der Waals surface area contributed by atoms with Crippen LogP contribution in [0.2, 0.25) is 0 Å². The van der Waals surface area contributed by atoms with Crippen molar-refractivity contribution in [1.82, 2.24) is 0 Å². The van der Waals surface area contributed by atoms with E-state index in [9.17, 15) is 5.11 Å². The lowest BCUT2D eigenvalue weighted by atomic mass is 10.0. The topological polar surface area (TPSA) is 29.5 Å². The van der Waals surface area contributed by atoms with Gasteiger partial charge in [0.25, 0.3) is 0 Å². The number of ether oxygens (including phenoxy) is 1. The third-order valence-corrected chi connectivity index (χ3v) is 3.43. The van der Waals surface area contributed by atoms with E-state index in [2.05, 4.69) is 38.1 Å². The molecule has 0 fully saturated rings. The first-order chi connectivity index (χ1) is 9.60. The van der Waals surface area contributed by atoms with Crippen LogP contribution in [0.1, 0.15) is 42.0 Å². The predicted molar refractivity (Wildman–Crippen MR) is 82.0 cm³/mol. The number of hydrogen-bond acceptors (Lipinski definition) is 2. The summed E-state index contributed by atoms with van der Waals surface area (Å²) in [4.78, 5) is 0. The molecule has 0 unspecified atom stereocenters. The van der Waals surface area contributed by atoms with Gasteiger partial charge < -0.3 is 9.84 Å². The number of hydrogen-bond donors (Lipinski definition) is 1. The molecule has 1 N–H and O–H groups in total. The van der Waals surface area contributed by atoms with Crippen LogP contribution in [0.3, 0.4) is 0 Å². The van der Waals surface area contributed by atoms with Crippen LogP contribution in [0, 0.1) is 6.92 Å². The van der Waals surface area contributed by atoms with Crippen molar-refractivity contribution < 1.29 is 9.84 Å². The van der Waals surface area contributed by atoms with Crippen molar-refractivity contribution in [1.29, 1.82) is 0 Å². The predicted octanol–water partition coefficient (Wildman–Crippen LogP) is 4.19. The summed E-state index contributed by atoms with van der Waals surface area (Å²) in [6, 6.07) is 14.4. The second-order valence-electron chi connectivity index (χ2n) is 5.45. The standard InChI is InChI=1S/C18H22O2/c1-13(2)16-7-5-15(6-8-16)12-20-18-9-4-14(3)10-17(18)11-19/h4-10,13,19H,11-12H2,1-3H3. The van der Waals surface area contributed by atoms with Gasteiger partial charge in [0.2, 0.25) is 0 Å². The minimum Gasteiger partial charge on any atom is -0.489 e. The van der Waals surface area contributed by atoms with Crippen molar-refractivity contribution >= 4 is 0 Å². The zero-order valence-electron chi connectivity index (χ0n) is 12.4. The van der Waals surface area contributed by atoms with Crippen LogP contribution in [0.5, 0.6) is 5.75 Å². The summed E-state index contributed by atoms with van der Waals surface area (Å²) >= 11 is 0. The number of rotatable bonds is 5. The van der Waals surface area contributed by atoms with Gasteiger partial charge in [-0.1, -0.05) is 55.8 Å². The molecule has 0 aromatic heterocycles. The molecular weight excluding hydrogens is 248 g/mol. The summed E-state index contributed by atoms with van der Waals surface area (Å²) in [5.41, 5.74) is 4.44. The molecule has 0 saturated heterocycles. The summed E-state index contributed by atoms with van der Waals surface area (Å²) < 4.78 is 5.81. The highest BCUT2D eigenvalue weighted by molar-refractivity contribution is 5.36. The maximum Gasteiger partial charge on any atom is 0.125 e. The molecule has 0 heterocycles. The Hall–Kier alpha value is -1.80. The number of aliphatic hydroxyl groups excluding tert-OH is 1. The minimum atomic E-state index is 0.00327. The maximum absolute atomic E-state index is 9.36. The molecule has 2 rings (SSSR count). The molecule has 0 aliphatic carbocycles. The van der Waals surface area contributed by atoms with E-state index in [0.717, 1.165) is 22.4 Å². The van der Waals surface area contributed by atoms with Gasteiger partial charge in [0, 0.05) is 5.56 Å². The van der Waals surface area contributed by atoms with E-state index in [-0.39, 0.29) is 6.61 Å². The highest BCUT2D eigenvalue weighted by Crippen LogP contribution is 2.22. The molecule has 2 nitrogen and oxygen atoms in total. The molecule has 0 radical (unpaired) electrons. The van der Waals surface area contributed by atoms with Crippen molar-refractivity contribution in [2.45, 2.75) is 39.9 Å². The SMILES string of the molecule is Cc1ccc(OCc2ccc(C(C)C)cc2)c(CO)c1. The average Bonchev–Trinajstić information content (AvgIpc) is 2.46. The molecule has 0 saturated carbocycles. The lowest BCUT2D eigenvalue weighted by molar-refractivity contribution is 0.259. The second-order valence-corrected chi connectivity index (χ2v) is 5.45. The van der Waals surface area contributed by atoms with Crippen molar-refractivity contribution in [3.05, 3.63) is 64.7 Å². The molecule has 0 aliphatic rings. The van der Waals surface area contributed by atoms with Gasteiger partial charge in [-0.2, -0.15) is 0 Å². The molecule has 0 atom stereocenters. The molecule has 0 amide bonds. The Kier molecular flexibility index (Phi) is 4.80. The van der Waals surface area contributed by atoms with Gasteiger partial charge in [-0.05, 0) is 30.0 Å². The molecule has 0 bridgehead atoms. The Balaban J connectivity index is 2.05. The third kappa shape index (κ3) is 3.61. The zero-order valence-corrected chi connectivity index (χ0v) is 12.4. The fourth-order valence-corrected chi connectivity index (χ4v) is 2.13. The monoisotopic (exact) mass is 270 g/mol. The first-order valence-electron chi connectivity index (χ1n) is 7.02. The summed E-state index contributed by atoms with van der Waals surface area (Å²) in [6.07, 6.45) is 0. The Morgan fingerprint density at radius 1 is 1.05 bits per heavy atom. The van der Waals surface area contributed by atoms with E-state index < -0.39 is 0 Å². The number of aryl methyl sites for hydroxylation is 1. The summed E-state index contributed by atoms with van der Waals surface area (Å²) in [5, 5.41) is 9.36. The fraction of sp³-hybridized carbons (Fsp3) is 0.333. The smallest absolute Gasteiger partial charge is 0.125 e. The van der Waals surface area contributed by atoms with Crippen LogP contribution in [-0.4, -0.2) is 5.11 Å². The van der Waals surface area contributed by atoms with E-state index in [1.807, 2.05) is 25.1 Å². The van der Waals surface area contributed by atoms with Crippen LogP contribution >= 0.6 is 0 Å². The second kappa shape index (κ2) is 6.58. The molecule has 106 valence electrons. The van der Waals surface area contributed by atoms with Crippen LogP contribution in [0.25, 0.3) is 0 Å². The lowest BCUT2D eigenvalue weighted by Gasteiger charge is -2.12. The van der Waals surface area contributed by atoms with Gasteiger partial charge in [0.05, 0.1) is 6.61 Å². The molecular formula is C18H22O2. The molecule has 0 spiro atoms. The van der Waals surface area contributed by atoms with E-state index in [1.54, 1.807) is 0 Å². The zero-order chi connectivity index (χ0) is 14.5. The lowest BCUT2D eigenvalue weighted by Crippen LogP contribution is -1.99. The van der Waals surface area contributed by atoms with Crippen molar-refractivity contribution in [2.75, 3.05) is 0 Å². The quantitative estimate of drug-likeness (QED) is 0.882. The van der Waals surface area contributed by atoms with E-state index in [1.165, 1.54) is 5.56 Å². The van der Waals surface area contributed by atoms with E-state index >= 15 is 0 Å². The highest BCUT2D eigenvalue weighted by Gasteiger charge is 2.04.